The molecule has 2 nitrogen and oxygen atoms in total. The average molecular weight is 283 g/mol. The SMILES string of the molecule is NNC(Cc1ccc(F)c(F)c1)c1ccccc1Cl. The number of benzene rings is 2. The quantitative estimate of drug-likeness (QED) is 0.666. The Morgan fingerprint density at radius 1 is 1.11 bits per heavy atom. The molecule has 3 N–H and O–H groups in total. The highest BCUT2D eigenvalue weighted by molar-refractivity contribution is 6.31. The van der Waals surface area contributed by atoms with E-state index in [1.807, 2.05) is 18.2 Å². The van der Waals surface area contributed by atoms with Crippen LogP contribution in [-0.4, -0.2) is 0 Å². The third kappa shape index (κ3) is 3.29. The first-order valence-electron chi connectivity index (χ1n) is 5.76. The van der Waals surface area contributed by atoms with Gasteiger partial charge in [0.2, 0.25) is 0 Å². The van der Waals surface area contributed by atoms with Gasteiger partial charge in [0.25, 0.3) is 0 Å². The summed E-state index contributed by atoms with van der Waals surface area (Å²) in [5.41, 5.74) is 4.10. The number of hydrazine groups is 1. The summed E-state index contributed by atoms with van der Waals surface area (Å²) >= 11 is 6.09. The lowest BCUT2D eigenvalue weighted by atomic mass is 9.99. The molecule has 2 rings (SSSR count). The number of nitrogens with one attached hydrogen (secondary N) is 1. The van der Waals surface area contributed by atoms with Crippen LogP contribution in [0.4, 0.5) is 8.78 Å². The molecule has 0 aliphatic carbocycles. The van der Waals surface area contributed by atoms with Crippen molar-refractivity contribution in [1.29, 1.82) is 0 Å². The Morgan fingerprint density at radius 3 is 2.47 bits per heavy atom. The van der Waals surface area contributed by atoms with Crippen molar-refractivity contribution in [1.82, 2.24) is 5.43 Å². The van der Waals surface area contributed by atoms with Gasteiger partial charge in [-0.1, -0.05) is 35.9 Å². The predicted molar refractivity (Wildman–Crippen MR) is 71.6 cm³/mol. The van der Waals surface area contributed by atoms with E-state index in [0.29, 0.717) is 17.0 Å². The van der Waals surface area contributed by atoms with Gasteiger partial charge in [0.05, 0.1) is 6.04 Å². The smallest absolute Gasteiger partial charge is 0.159 e. The van der Waals surface area contributed by atoms with E-state index in [2.05, 4.69) is 5.43 Å². The van der Waals surface area contributed by atoms with Gasteiger partial charge < -0.3 is 0 Å². The predicted octanol–water partition coefficient (Wildman–Crippen LogP) is 3.37. The summed E-state index contributed by atoms with van der Waals surface area (Å²) in [6, 6.07) is 10.8. The van der Waals surface area contributed by atoms with Crippen LogP contribution in [0.5, 0.6) is 0 Å². The highest BCUT2D eigenvalue weighted by atomic mass is 35.5. The topological polar surface area (TPSA) is 38.0 Å². The lowest BCUT2D eigenvalue weighted by Crippen LogP contribution is -2.29. The van der Waals surface area contributed by atoms with E-state index in [1.54, 1.807) is 6.07 Å². The molecule has 0 saturated carbocycles. The van der Waals surface area contributed by atoms with E-state index in [1.165, 1.54) is 6.07 Å². The second-order valence-corrected chi connectivity index (χ2v) is 4.60. The standard InChI is InChI=1S/C14H13ClF2N2/c15-11-4-2-1-3-10(11)14(19-18)8-9-5-6-12(16)13(17)7-9/h1-7,14,19H,8,18H2. The summed E-state index contributed by atoms with van der Waals surface area (Å²) in [6.45, 7) is 0. The Kier molecular flexibility index (Phi) is 4.47. The van der Waals surface area contributed by atoms with Crippen molar-refractivity contribution in [2.24, 2.45) is 5.84 Å². The van der Waals surface area contributed by atoms with Gasteiger partial charge in [-0.05, 0) is 35.7 Å². The maximum atomic E-state index is 13.2. The van der Waals surface area contributed by atoms with Gasteiger partial charge >= 0.3 is 0 Å². The molecule has 2 aromatic carbocycles. The van der Waals surface area contributed by atoms with Crippen LogP contribution >= 0.6 is 11.6 Å². The first-order valence-corrected chi connectivity index (χ1v) is 6.14. The zero-order valence-corrected chi connectivity index (χ0v) is 10.8. The van der Waals surface area contributed by atoms with E-state index in [-0.39, 0.29) is 6.04 Å². The van der Waals surface area contributed by atoms with E-state index in [9.17, 15) is 8.78 Å². The minimum Gasteiger partial charge on any atom is -0.271 e. The second-order valence-electron chi connectivity index (χ2n) is 4.19. The molecule has 19 heavy (non-hydrogen) atoms. The van der Waals surface area contributed by atoms with Gasteiger partial charge in [-0.2, -0.15) is 0 Å². The molecule has 0 saturated heterocycles. The molecular formula is C14H13ClF2N2. The monoisotopic (exact) mass is 282 g/mol. The van der Waals surface area contributed by atoms with Crippen molar-refractivity contribution >= 4 is 11.6 Å². The average Bonchev–Trinajstić information content (AvgIpc) is 2.41. The summed E-state index contributed by atoms with van der Waals surface area (Å²) in [7, 11) is 0. The van der Waals surface area contributed by atoms with Crippen LogP contribution in [0.15, 0.2) is 42.5 Å². The van der Waals surface area contributed by atoms with Gasteiger partial charge in [0, 0.05) is 5.02 Å². The summed E-state index contributed by atoms with van der Waals surface area (Å²) in [6.07, 6.45) is 0.414. The van der Waals surface area contributed by atoms with E-state index in [4.69, 9.17) is 17.4 Å². The van der Waals surface area contributed by atoms with Crippen molar-refractivity contribution in [2.45, 2.75) is 12.5 Å². The van der Waals surface area contributed by atoms with E-state index in [0.717, 1.165) is 17.7 Å². The molecule has 0 radical (unpaired) electrons. The lowest BCUT2D eigenvalue weighted by molar-refractivity contribution is 0.502. The summed E-state index contributed by atoms with van der Waals surface area (Å²) in [5.74, 6) is 3.78. The fourth-order valence-corrected chi connectivity index (χ4v) is 2.19. The first-order chi connectivity index (χ1) is 9.11. The zero-order chi connectivity index (χ0) is 13.8. The normalized spacial score (nSPS) is 12.4. The Hall–Kier alpha value is -1.49. The largest absolute Gasteiger partial charge is 0.271 e. The molecule has 5 heteroatoms. The van der Waals surface area contributed by atoms with Crippen molar-refractivity contribution in [2.75, 3.05) is 0 Å². The third-order valence-electron chi connectivity index (χ3n) is 2.91. The summed E-state index contributed by atoms with van der Waals surface area (Å²) in [5, 5.41) is 0.577. The van der Waals surface area contributed by atoms with Crippen LogP contribution in [0, 0.1) is 11.6 Å². The van der Waals surface area contributed by atoms with Crippen LogP contribution in [0.25, 0.3) is 0 Å². The van der Waals surface area contributed by atoms with E-state index >= 15 is 0 Å². The van der Waals surface area contributed by atoms with Gasteiger partial charge in [0.15, 0.2) is 11.6 Å². The van der Waals surface area contributed by atoms with Crippen molar-refractivity contribution < 1.29 is 8.78 Å². The molecule has 0 bridgehead atoms. The third-order valence-corrected chi connectivity index (χ3v) is 3.25. The fraction of sp³-hybridized carbons (Fsp3) is 0.143. The fourth-order valence-electron chi connectivity index (χ4n) is 1.92. The number of rotatable bonds is 4. The number of hydrogen-bond acceptors (Lipinski definition) is 2. The molecule has 0 heterocycles. The molecular weight excluding hydrogens is 270 g/mol. The molecule has 0 spiro atoms. The zero-order valence-electron chi connectivity index (χ0n) is 10.0. The Morgan fingerprint density at radius 2 is 1.84 bits per heavy atom. The van der Waals surface area contributed by atoms with Crippen LogP contribution < -0.4 is 11.3 Å². The molecule has 1 unspecified atom stereocenters. The van der Waals surface area contributed by atoms with Gasteiger partial charge in [-0.25, -0.2) is 8.78 Å². The minimum atomic E-state index is -0.868. The molecule has 100 valence electrons. The number of halogens is 3. The van der Waals surface area contributed by atoms with Gasteiger partial charge in [-0.3, -0.25) is 11.3 Å². The highest BCUT2D eigenvalue weighted by Crippen LogP contribution is 2.25. The molecule has 0 aliphatic heterocycles. The number of nitrogens with two attached hydrogens (primary N) is 1. The molecule has 1 atom stereocenters. The van der Waals surface area contributed by atoms with Crippen LogP contribution in [0.3, 0.4) is 0 Å². The van der Waals surface area contributed by atoms with Gasteiger partial charge in [-0.15, -0.1) is 0 Å². The summed E-state index contributed by atoms with van der Waals surface area (Å²) < 4.78 is 26.0. The second kappa shape index (κ2) is 6.10. The van der Waals surface area contributed by atoms with Crippen molar-refractivity contribution in [3.63, 3.8) is 0 Å². The Bertz CT molecular complexity index is 575. The molecule has 0 fully saturated rings. The van der Waals surface area contributed by atoms with Crippen LogP contribution in [0.1, 0.15) is 17.2 Å². The van der Waals surface area contributed by atoms with Crippen molar-refractivity contribution in [3.05, 3.63) is 70.2 Å². The molecule has 0 aliphatic rings. The molecule has 0 amide bonds. The number of hydrogen-bond donors (Lipinski definition) is 2. The maximum Gasteiger partial charge on any atom is 0.159 e. The Labute approximate surface area is 115 Å². The molecule has 2 aromatic rings. The Balaban J connectivity index is 2.24. The van der Waals surface area contributed by atoms with Gasteiger partial charge in [0.1, 0.15) is 0 Å². The first kappa shape index (κ1) is 13.9. The minimum absolute atomic E-state index is 0.265. The maximum absolute atomic E-state index is 13.2. The van der Waals surface area contributed by atoms with E-state index < -0.39 is 11.6 Å². The highest BCUT2D eigenvalue weighted by Gasteiger charge is 2.14. The van der Waals surface area contributed by atoms with Crippen LogP contribution in [0.2, 0.25) is 5.02 Å². The molecule has 0 aromatic heterocycles. The van der Waals surface area contributed by atoms with Crippen LogP contribution in [-0.2, 0) is 6.42 Å². The van der Waals surface area contributed by atoms with Crippen molar-refractivity contribution in [3.8, 4) is 0 Å². The lowest BCUT2D eigenvalue weighted by Gasteiger charge is -2.17. The summed E-state index contributed by atoms with van der Waals surface area (Å²) in [4.78, 5) is 0.